The normalized spacial score (nSPS) is 24.5. The molecule has 20 N–H and O–H groups in total. The number of fused-ring (bicyclic) bond motifs is 1. The summed E-state index contributed by atoms with van der Waals surface area (Å²) in [6.07, 6.45) is 3.72. The lowest BCUT2D eigenvalue weighted by molar-refractivity contribution is -0.139. The molecule has 110 heavy (non-hydrogen) atoms. The van der Waals surface area contributed by atoms with E-state index in [1.165, 1.54) is 74.8 Å². The van der Waals surface area contributed by atoms with E-state index in [0.29, 0.717) is 91.9 Å². The van der Waals surface area contributed by atoms with Crippen molar-refractivity contribution >= 4 is 87.9 Å². The molecule has 2 aromatic heterocycles. The average Bonchev–Trinajstić information content (AvgIpc) is 1.69. The molecule has 1 saturated heterocycles. The molecule has 0 spiro atoms. The molecule has 2 fully saturated rings. The first kappa shape index (κ1) is 88.6. The summed E-state index contributed by atoms with van der Waals surface area (Å²) in [5.74, 6) is -12.1. The number of nitrogens with two attached hydrogens (primary N) is 1. The maximum atomic E-state index is 15.0. The Kier molecular flexibility index (Phi) is 35.8. The molecule has 2 aromatic carbocycles. The van der Waals surface area contributed by atoms with Gasteiger partial charge in [0.25, 0.3) is 0 Å². The van der Waals surface area contributed by atoms with Gasteiger partial charge in [0.15, 0.2) is 0 Å². The Bertz CT molecular complexity index is 3750. The standard InChI is InChI=1S/C77H113N15O18/c1-7-19-53-67(101)85-55(34-35-61(99)100)68(102)86-57(41-47-28-32-51(96)33-29-47)72(106)92-64(48-20-10-8-11-21-48)75(109)91-62(44(2)93)73(107)81-38-17-14-24-59(97)79-37-16-9-12-25-60(98)89-65(77(4,5)6)76(110)88-56(40-46-26-30-50(95)31-27-46)70(104)84-54(23-13-15-36-78)69(103)90-63(45(3)94)74(108)87-58(71(105)83-53)42-49-43-82-66-52(49)22-18-39-80-66/h18,22,26-33,39,43-45,48,53-58,62-65,93-96H,7-17,19-21,23-25,34-38,40-42,78H2,1-6H3,(H,79,97)(H,80,82)(H,81,107)(H,83,105)(H,84,104)(H,85,101)(H,86,102)(H,87,108)(H,88,110)(H,89,98)(H,90,103)(H,91,109)(H,92,106)(H,99,100)/t44-,45-,53+,54+,55+,56+,57?,58+,62+,63+,64+,65-/m1/s1. The van der Waals surface area contributed by atoms with Gasteiger partial charge in [-0.25, -0.2) is 4.98 Å². The highest BCUT2D eigenvalue weighted by molar-refractivity contribution is 6.00. The first-order valence-corrected chi connectivity index (χ1v) is 38.2. The van der Waals surface area contributed by atoms with E-state index in [1.54, 1.807) is 39.8 Å². The molecule has 33 nitrogen and oxygen atoms in total. The lowest BCUT2D eigenvalue weighted by atomic mass is 9.83. The number of carbonyl (C=O) groups is 13. The Morgan fingerprint density at radius 2 is 0.982 bits per heavy atom. The average molecular weight is 1540 g/mol. The van der Waals surface area contributed by atoms with E-state index < -0.39 is 168 Å². The number of carboxylic acid groups (broad SMARTS) is 1. The van der Waals surface area contributed by atoms with Gasteiger partial charge in [-0.3, -0.25) is 62.3 Å². The summed E-state index contributed by atoms with van der Waals surface area (Å²) in [6.45, 7) is 9.83. The van der Waals surface area contributed by atoms with Crippen molar-refractivity contribution < 1.29 is 87.9 Å². The van der Waals surface area contributed by atoms with Crippen molar-refractivity contribution in [1.29, 1.82) is 0 Å². The van der Waals surface area contributed by atoms with Gasteiger partial charge in [-0.2, -0.15) is 0 Å². The van der Waals surface area contributed by atoms with Gasteiger partial charge in [0.1, 0.15) is 77.6 Å². The van der Waals surface area contributed by atoms with Crippen molar-refractivity contribution in [2.24, 2.45) is 17.1 Å². The van der Waals surface area contributed by atoms with Crippen LogP contribution >= 0.6 is 0 Å². The Balaban J connectivity index is 1.37. The van der Waals surface area contributed by atoms with Crippen LogP contribution in [0.25, 0.3) is 11.0 Å². The topological polar surface area (TPSA) is 522 Å². The number of rotatable bonds is 18. The summed E-state index contributed by atoms with van der Waals surface area (Å²) < 4.78 is 0. The number of aromatic amines is 1. The number of aliphatic hydroxyl groups excluding tert-OH is 2. The number of phenols is 2. The molecule has 1 aliphatic carbocycles. The summed E-state index contributed by atoms with van der Waals surface area (Å²) in [5, 5.41) is 85.5. The zero-order chi connectivity index (χ0) is 80.6. The monoisotopic (exact) mass is 1540 g/mol. The van der Waals surface area contributed by atoms with Crippen LogP contribution in [0.3, 0.4) is 0 Å². The van der Waals surface area contributed by atoms with Gasteiger partial charge in [0, 0.05) is 69.4 Å². The van der Waals surface area contributed by atoms with Gasteiger partial charge < -0.3 is 100 Å². The van der Waals surface area contributed by atoms with Gasteiger partial charge in [0.05, 0.1) is 12.2 Å². The molecule has 4 aromatic rings. The van der Waals surface area contributed by atoms with Crippen LogP contribution in [-0.4, -0.2) is 205 Å². The number of carboxylic acids is 1. The predicted molar refractivity (Wildman–Crippen MR) is 405 cm³/mol. The third-order valence-corrected chi connectivity index (χ3v) is 19.5. The molecule has 0 bridgehead atoms. The number of aromatic hydroxyl groups is 2. The van der Waals surface area contributed by atoms with Crippen molar-refractivity contribution in [3.8, 4) is 11.5 Å². The number of H-pyrrole nitrogens is 1. The van der Waals surface area contributed by atoms with Crippen molar-refractivity contribution in [3.63, 3.8) is 0 Å². The van der Waals surface area contributed by atoms with Crippen LogP contribution in [0.4, 0.5) is 0 Å². The van der Waals surface area contributed by atoms with Gasteiger partial charge in [-0.05, 0) is 155 Å². The van der Waals surface area contributed by atoms with E-state index in [4.69, 9.17) is 5.73 Å². The second-order valence-corrected chi connectivity index (χ2v) is 29.6. The lowest BCUT2D eigenvalue weighted by Gasteiger charge is -2.33. The Morgan fingerprint density at radius 3 is 1.55 bits per heavy atom. The predicted octanol–water partition coefficient (Wildman–Crippen LogP) is 1.01. The van der Waals surface area contributed by atoms with Crippen molar-refractivity contribution in [1.82, 2.24) is 73.8 Å². The van der Waals surface area contributed by atoms with E-state index in [0.717, 1.165) is 6.42 Å². The molecule has 604 valence electrons. The third-order valence-electron chi connectivity index (χ3n) is 19.5. The Labute approximate surface area is 640 Å². The Hall–Kier alpha value is -10.3. The SMILES string of the molecule is CCC[C@@H]1NC(=O)[C@H](Cc2c[nH]c3ncccc23)NC(=O)[C@H]([C@@H](C)O)NC(=O)[C@H](CCCCN)NC(=O)[C@H](Cc2ccc(O)cc2)NC(=O)[C@H](C(C)(C)C)NC(=O)CCCCCNC(=O)CCCCNC(=O)[C@H]([C@@H](C)O)NC(=O)[C@H](C2CCCCC2)NC(=O)C(Cc2ccc(O)cc2)NC(=O)[C@H](CCC(=O)O)NC1=O. The summed E-state index contributed by atoms with van der Waals surface area (Å²) >= 11 is 0. The number of aromatic nitrogens is 2. The minimum atomic E-state index is -1.86. The van der Waals surface area contributed by atoms with E-state index >= 15 is 4.79 Å². The first-order chi connectivity index (χ1) is 52.3. The molecule has 6 rings (SSSR count). The fourth-order valence-corrected chi connectivity index (χ4v) is 13.2. The zero-order valence-corrected chi connectivity index (χ0v) is 63.7. The largest absolute Gasteiger partial charge is 0.508 e. The zero-order valence-electron chi connectivity index (χ0n) is 63.7. The smallest absolute Gasteiger partial charge is 0.303 e. The number of unbranched alkanes of at least 4 members (excludes halogenated alkanes) is 1. The molecule has 2 aliphatic rings. The number of phenolic OH excluding ortho intramolecular Hbond substituents is 2. The number of hydrogen-bond acceptors (Lipinski definition) is 19. The van der Waals surface area contributed by atoms with Crippen LogP contribution in [0, 0.1) is 11.3 Å². The highest BCUT2D eigenvalue weighted by Gasteiger charge is 2.41. The second kappa shape index (κ2) is 44.4. The van der Waals surface area contributed by atoms with Crippen LogP contribution in [0.5, 0.6) is 11.5 Å². The van der Waals surface area contributed by atoms with E-state index in [-0.39, 0.29) is 94.8 Å². The second-order valence-electron chi connectivity index (χ2n) is 29.6. The van der Waals surface area contributed by atoms with Crippen LogP contribution in [-0.2, 0) is 81.6 Å². The number of nitrogens with zero attached hydrogens (tertiary/aromatic N) is 1. The van der Waals surface area contributed by atoms with Gasteiger partial charge >= 0.3 is 5.97 Å². The maximum Gasteiger partial charge on any atom is 0.303 e. The fourth-order valence-electron chi connectivity index (χ4n) is 13.2. The summed E-state index contributed by atoms with van der Waals surface area (Å²) in [5.41, 5.74) is 6.64. The molecule has 12 atom stereocenters. The van der Waals surface area contributed by atoms with Crippen molar-refractivity contribution in [3.05, 3.63) is 89.7 Å². The van der Waals surface area contributed by atoms with Gasteiger partial charge in [0.2, 0.25) is 70.9 Å². The third kappa shape index (κ3) is 28.9. The number of nitrogens with one attached hydrogen (secondary N) is 13. The molecule has 12 amide bonds. The minimum absolute atomic E-state index is 0.00340. The van der Waals surface area contributed by atoms with Crippen LogP contribution in [0.2, 0.25) is 0 Å². The van der Waals surface area contributed by atoms with Crippen molar-refractivity contribution in [2.75, 3.05) is 19.6 Å². The molecule has 3 heterocycles. The molecule has 0 radical (unpaired) electrons. The highest BCUT2D eigenvalue weighted by Crippen LogP contribution is 2.28. The van der Waals surface area contributed by atoms with Crippen LogP contribution in [0.1, 0.15) is 180 Å². The van der Waals surface area contributed by atoms with Gasteiger partial charge in [-0.15, -0.1) is 0 Å². The number of benzene rings is 2. The van der Waals surface area contributed by atoms with E-state index in [9.17, 15) is 83.1 Å². The fraction of sp³-hybridized carbons (Fsp3) is 0.584. The number of amides is 12. The summed E-state index contributed by atoms with van der Waals surface area (Å²) in [6, 6.07) is -0.569. The Morgan fingerprint density at radius 1 is 0.509 bits per heavy atom. The van der Waals surface area contributed by atoms with E-state index in [2.05, 4.69) is 73.8 Å². The number of pyridine rings is 1. The molecule has 1 aliphatic heterocycles. The minimum Gasteiger partial charge on any atom is -0.508 e. The van der Waals surface area contributed by atoms with Crippen LogP contribution in [0.15, 0.2) is 73.1 Å². The number of aliphatic hydroxyl groups is 2. The number of carbonyl (C=O) groups excluding carboxylic acids is 12. The quantitative estimate of drug-likeness (QED) is 0.0618. The van der Waals surface area contributed by atoms with E-state index in [1.807, 2.05) is 0 Å². The lowest BCUT2D eigenvalue weighted by Crippen LogP contribution is -2.63. The maximum absolute atomic E-state index is 15.0. The molecule has 1 unspecified atom stereocenters. The summed E-state index contributed by atoms with van der Waals surface area (Å²) in [7, 11) is 0. The highest BCUT2D eigenvalue weighted by atomic mass is 16.4. The van der Waals surface area contributed by atoms with Gasteiger partial charge in [-0.1, -0.05) is 84.1 Å². The molecule has 1 saturated carbocycles. The van der Waals surface area contributed by atoms with Crippen LogP contribution < -0.4 is 69.5 Å². The number of hydrogen-bond donors (Lipinski definition) is 19. The number of aliphatic carboxylic acids is 1. The first-order valence-electron chi connectivity index (χ1n) is 38.2. The summed E-state index contributed by atoms with van der Waals surface area (Å²) in [4.78, 5) is 193. The molecular formula is C77H113N15O18. The van der Waals surface area contributed by atoms with Crippen molar-refractivity contribution in [2.45, 2.75) is 255 Å². The molecule has 33 heteroatoms. The molecular weight excluding hydrogens is 1420 g/mol.